The van der Waals surface area contributed by atoms with Gasteiger partial charge < -0.3 is 9.47 Å². The first-order valence-corrected chi connectivity index (χ1v) is 18.7. The molecule has 0 unspecified atom stereocenters. The Morgan fingerprint density at radius 3 is 2.02 bits per heavy atom. The minimum Gasteiger partial charge on any atom is -0.310 e. The summed E-state index contributed by atoms with van der Waals surface area (Å²) in [5.74, 6) is 0. The third kappa shape index (κ3) is 4.50. The van der Waals surface area contributed by atoms with E-state index in [0.717, 1.165) is 12.1 Å². The van der Waals surface area contributed by atoms with Gasteiger partial charge in [0.15, 0.2) is 0 Å². The zero-order valence-corrected chi connectivity index (χ0v) is 29.1. The molecular formula is C49H32N2S. The topological polar surface area (TPSA) is 8.17 Å². The fourth-order valence-electron chi connectivity index (χ4n) is 8.44. The van der Waals surface area contributed by atoms with Crippen LogP contribution < -0.4 is 4.90 Å². The molecule has 0 fully saturated rings. The maximum atomic E-state index is 2.47. The first kappa shape index (κ1) is 29.3. The second kappa shape index (κ2) is 11.6. The monoisotopic (exact) mass is 680 g/mol. The summed E-state index contributed by atoms with van der Waals surface area (Å²) in [6.45, 7) is 0. The van der Waals surface area contributed by atoms with Crippen LogP contribution in [0.15, 0.2) is 182 Å². The molecule has 11 rings (SSSR count). The molecule has 244 valence electrons. The lowest BCUT2D eigenvalue weighted by Crippen LogP contribution is -2.12. The molecule has 10 aromatic rings. The van der Waals surface area contributed by atoms with Crippen LogP contribution in [0.25, 0.3) is 69.9 Å². The van der Waals surface area contributed by atoms with Crippen molar-refractivity contribution in [2.45, 2.75) is 6.42 Å². The molecular weight excluding hydrogens is 649 g/mol. The minimum atomic E-state index is 0.927. The van der Waals surface area contributed by atoms with Crippen molar-refractivity contribution in [3.63, 3.8) is 0 Å². The quantitative estimate of drug-likeness (QED) is 0.176. The van der Waals surface area contributed by atoms with Crippen molar-refractivity contribution in [2.75, 3.05) is 4.90 Å². The molecule has 0 spiro atoms. The van der Waals surface area contributed by atoms with Gasteiger partial charge in [-0.1, -0.05) is 121 Å². The average molecular weight is 681 g/mol. The number of para-hydroxylation sites is 2. The van der Waals surface area contributed by atoms with Crippen molar-refractivity contribution in [2.24, 2.45) is 0 Å². The Labute approximate surface area is 306 Å². The van der Waals surface area contributed by atoms with E-state index in [4.69, 9.17) is 0 Å². The van der Waals surface area contributed by atoms with Crippen LogP contribution in [0.5, 0.6) is 0 Å². The Hall–Kier alpha value is -6.42. The maximum absolute atomic E-state index is 2.47. The number of aromatic nitrogens is 1. The van der Waals surface area contributed by atoms with Crippen LogP contribution in [0.4, 0.5) is 17.1 Å². The highest BCUT2D eigenvalue weighted by Gasteiger charge is 2.25. The molecule has 0 N–H and O–H groups in total. The molecule has 0 saturated carbocycles. The predicted molar refractivity (Wildman–Crippen MR) is 222 cm³/mol. The summed E-state index contributed by atoms with van der Waals surface area (Å²) in [4.78, 5) is 2.47. The first-order valence-electron chi connectivity index (χ1n) is 17.9. The molecule has 0 atom stereocenters. The van der Waals surface area contributed by atoms with E-state index in [1.807, 2.05) is 11.3 Å². The SMILES string of the molecule is c1ccc(-n2c3ccccc3c3ccc(-c4ccc(N(c5ccc6c(c5)sc5ccccc56)c5cccc6c5Cc5ccccc5-6)cc4)cc32)cc1. The minimum absolute atomic E-state index is 0.927. The van der Waals surface area contributed by atoms with E-state index >= 15 is 0 Å². The number of nitrogens with zero attached hydrogens (tertiary/aromatic N) is 2. The van der Waals surface area contributed by atoms with Crippen LogP contribution in [0.1, 0.15) is 11.1 Å². The van der Waals surface area contributed by atoms with Crippen LogP contribution in [0, 0.1) is 0 Å². The molecule has 0 bridgehead atoms. The van der Waals surface area contributed by atoms with E-state index in [2.05, 4.69) is 191 Å². The van der Waals surface area contributed by atoms with Gasteiger partial charge in [-0.3, -0.25) is 0 Å². The summed E-state index contributed by atoms with van der Waals surface area (Å²) in [5.41, 5.74) is 15.0. The van der Waals surface area contributed by atoms with E-state index in [1.54, 1.807) is 0 Å². The van der Waals surface area contributed by atoms with Crippen LogP contribution in [-0.2, 0) is 6.42 Å². The Morgan fingerprint density at radius 1 is 0.442 bits per heavy atom. The third-order valence-electron chi connectivity index (χ3n) is 10.8. The zero-order valence-electron chi connectivity index (χ0n) is 28.3. The highest BCUT2D eigenvalue weighted by atomic mass is 32.1. The Bertz CT molecular complexity index is 2990. The van der Waals surface area contributed by atoms with Crippen LogP contribution in [0.2, 0.25) is 0 Å². The third-order valence-corrected chi connectivity index (χ3v) is 12.0. The fourth-order valence-corrected chi connectivity index (χ4v) is 9.58. The van der Waals surface area contributed by atoms with Crippen molar-refractivity contribution in [1.82, 2.24) is 4.57 Å². The lowest BCUT2D eigenvalue weighted by molar-refractivity contribution is 1.18. The summed E-state index contributed by atoms with van der Waals surface area (Å²) in [5, 5.41) is 5.17. The van der Waals surface area contributed by atoms with Gasteiger partial charge in [0.1, 0.15) is 0 Å². The predicted octanol–water partition coefficient (Wildman–Crippen LogP) is 13.9. The van der Waals surface area contributed by atoms with Crippen LogP contribution in [-0.4, -0.2) is 4.57 Å². The highest BCUT2D eigenvalue weighted by molar-refractivity contribution is 7.25. The summed E-state index contributed by atoms with van der Waals surface area (Å²) in [7, 11) is 0. The maximum Gasteiger partial charge on any atom is 0.0547 e. The Balaban J connectivity index is 1.06. The normalized spacial score (nSPS) is 12.2. The van der Waals surface area contributed by atoms with Gasteiger partial charge in [-0.05, 0) is 94.0 Å². The number of hydrogen-bond donors (Lipinski definition) is 0. The highest BCUT2D eigenvalue weighted by Crippen LogP contribution is 2.47. The lowest BCUT2D eigenvalue weighted by Gasteiger charge is -2.28. The van der Waals surface area contributed by atoms with Gasteiger partial charge >= 0.3 is 0 Å². The summed E-state index contributed by atoms with van der Waals surface area (Å²) < 4.78 is 5.02. The van der Waals surface area contributed by atoms with Gasteiger partial charge in [-0.15, -0.1) is 11.3 Å². The number of anilines is 3. The number of thiophene rings is 1. The largest absolute Gasteiger partial charge is 0.310 e. The lowest BCUT2D eigenvalue weighted by atomic mass is 10.0. The molecule has 8 aromatic carbocycles. The van der Waals surface area contributed by atoms with Crippen LogP contribution in [0.3, 0.4) is 0 Å². The van der Waals surface area contributed by atoms with Crippen molar-refractivity contribution in [1.29, 1.82) is 0 Å². The van der Waals surface area contributed by atoms with Gasteiger partial charge in [0.25, 0.3) is 0 Å². The first-order chi connectivity index (χ1) is 25.8. The molecule has 52 heavy (non-hydrogen) atoms. The Morgan fingerprint density at radius 2 is 1.12 bits per heavy atom. The number of rotatable bonds is 5. The van der Waals surface area contributed by atoms with Crippen molar-refractivity contribution < 1.29 is 0 Å². The molecule has 2 nitrogen and oxygen atoms in total. The molecule has 0 radical (unpaired) electrons. The van der Waals surface area contributed by atoms with Gasteiger partial charge in [-0.2, -0.15) is 0 Å². The van der Waals surface area contributed by atoms with Gasteiger partial charge in [-0.25, -0.2) is 0 Å². The molecule has 0 aliphatic heterocycles. The molecule has 0 amide bonds. The van der Waals surface area contributed by atoms with Gasteiger partial charge in [0.05, 0.1) is 16.7 Å². The Kier molecular flexibility index (Phi) is 6.52. The molecule has 0 saturated heterocycles. The summed E-state index contributed by atoms with van der Waals surface area (Å²) in [6, 6.07) is 66.9. The average Bonchev–Trinajstić information content (AvgIpc) is 3.88. The van der Waals surface area contributed by atoms with E-state index in [1.165, 1.54) is 92.4 Å². The number of hydrogen-bond acceptors (Lipinski definition) is 2. The second-order valence-corrected chi connectivity index (χ2v) is 14.8. The van der Waals surface area contributed by atoms with Gasteiger partial charge in [0.2, 0.25) is 0 Å². The molecule has 1 aliphatic rings. The zero-order chi connectivity index (χ0) is 34.2. The van der Waals surface area contributed by atoms with E-state index in [0.29, 0.717) is 0 Å². The molecule has 1 aliphatic carbocycles. The van der Waals surface area contributed by atoms with E-state index in [-0.39, 0.29) is 0 Å². The molecule has 2 aromatic heterocycles. The van der Waals surface area contributed by atoms with Gasteiger partial charge in [0, 0.05) is 54.4 Å². The molecule has 3 heteroatoms. The van der Waals surface area contributed by atoms with E-state index in [9.17, 15) is 0 Å². The molecule has 2 heterocycles. The van der Waals surface area contributed by atoms with Crippen molar-refractivity contribution >= 4 is 70.4 Å². The van der Waals surface area contributed by atoms with E-state index < -0.39 is 0 Å². The van der Waals surface area contributed by atoms with Crippen LogP contribution >= 0.6 is 11.3 Å². The fraction of sp³-hybridized carbons (Fsp3) is 0.0204. The number of fused-ring (bicyclic) bond motifs is 9. The van der Waals surface area contributed by atoms with Crippen molar-refractivity contribution in [3.05, 3.63) is 193 Å². The summed E-state index contributed by atoms with van der Waals surface area (Å²) >= 11 is 1.87. The smallest absolute Gasteiger partial charge is 0.0547 e. The number of benzene rings is 8. The van der Waals surface area contributed by atoms with Crippen molar-refractivity contribution in [3.8, 4) is 27.9 Å². The standard InChI is InChI=1S/C49H32N2S/c1-2-12-35(13-3-1)51-45-18-8-6-15-40(45)41-27-23-33(30-47(41)51)32-21-24-36(25-22-32)50(37-26-28-43-42-16-7-9-20-48(42)52-49(43)31-37)46-19-10-17-39-38-14-5-4-11-34(38)29-44(39)46/h1-28,30-31H,29H2. The second-order valence-electron chi connectivity index (χ2n) is 13.7. The summed E-state index contributed by atoms with van der Waals surface area (Å²) in [6.07, 6.45) is 0.927.